The minimum absolute atomic E-state index is 0.0491. The van der Waals surface area contributed by atoms with E-state index >= 15 is 0 Å². The molecule has 1 aromatic heterocycles. The van der Waals surface area contributed by atoms with E-state index in [9.17, 15) is 13.2 Å². The molecule has 0 aliphatic heterocycles. The summed E-state index contributed by atoms with van der Waals surface area (Å²) < 4.78 is 24.2. The summed E-state index contributed by atoms with van der Waals surface area (Å²) in [5.74, 6) is -0.0852. The highest BCUT2D eigenvalue weighted by Crippen LogP contribution is 2.10. The molecule has 3 N–H and O–H groups in total. The van der Waals surface area contributed by atoms with Gasteiger partial charge in [0.25, 0.3) is 0 Å². The Morgan fingerprint density at radius 2 is 1.74 bits per heavy atom. The van der Waals surface area contributed by atoms with Gasteiger partial charge in [0, 0.05) is 19.2 Å². The molecule has 0 saturated carbocycles. The molecule has 27 heavy (non-hydrogen) atoms. The number of benzene rings is 2. The number of sulfonamides is 1. The highest BCUT2D eigenvalue weighted by Gasteiger charge is 2.08. The van der Waals surface area contributed by atoms with E-state index in [1.165, 1.54) is 12.1 Å². The third-order valence-corrected chi connectivity index (χ3v) is 4.97. The van der Waals surface area contributed by atoms with Crippen molar-refractivity contribution in [3.8, 4) is 5.69 Å². The number of nitrogens with zero attached hydrogens (tertiary/aromatic N) is 2. The number of rotatable bonds is 7. The van der Waals surface area contributed by atoms with Crippen molar-refractivity contribution in [2.45, 2.75) is 24.3 Å². The number of amides is 1. The van der Waals surface area contributed by atoms with Gasteiger partial charge in [-0.25, -0.2) is 18.2 Å². The molecular weight excluding hydrogens is 364 g/mol. The average Bonchev–Trinajstić information content (AvgIpc) is 3.14. The van der Waals surface area contributed by atoms with E-state index in [1.54, 1.807) is 23.0 Å². The van der Waals surface area contributed by atoms with Crippen molar-refractivity contribution >= 4 is 15.9 Å². The summed E-state index contributed by atoms with van der Waals surface area (Å²) in [7, 11) is -3.70. The van der Waals surface area contributed by atoms with Crippen LogP contribution in [0, 0.1) is 0 Å². The number of nitrogens with one attached hydrogen (secondary N) is 1. The molecule has 0 unspecified atom stereocenters. The van der Waals surface area contributed by atoms with Crippen LogP contribution in [0.25, 0.3) is 5.69 Å². The summed E-state index contributed by atoms with van der Waals surface area (Å²) in [5.41, 5.74) is 2.75. The highest BCUT2D eigenvalue weighted by molar-refractivity contribution is 7.89. The zero-order valence-corrected chi connectivity index (χ0v) is 15.4. The Hall–Kier alpha value is -2.97. The Morgan fingerprint density at radius 3 is 2.41 bits per heavy atom. The van der Waals surface area contributed by atoms with Crippen LogP contribution in [0.4, 0.5) is 0 Å². The van der Waals surface area contributed by atoms with Crippen molar-refractivity contribution in [1.29, 1.82) is 0 Å². The van der Waals surface area contributed by atoms with Gasteiger partial charge in [-0.15, -0.1) is 0 Å². The topological polar surface area (TPSA) is 107 Å². The number of nitrogens with two attached hydrogens (primary N) is 1. The fourth-order valence-electron chi connectivity index (χ4n) is 2.56. The first kappa shape index (κ1) is 18.8. The zero-order valence-electron chi connectivity index (χ0n) is 14.6. The molecule has 0 bridgehead atoms. The maximum absolute atomic E-state index is 12.0. The summed E-state index contributed by atoms with van der Waals surface area (Å²) in [5, 5.41) is 12.2. The molecule has 0 fully saturated rings. The Balaban J connectivity index is 1.48. The molecule has 3 aromatic rings. The number of para-hydroxylation sites is 1. The van der Waals surface area contributed by atoms with Crippen LogP contribution in [0.3, 0.4) is 0 Å². The molecule has 8 heteroatoms. The minimum Gasteiger partial charge on any atom is -0.352 e. The van der Waals surface area contributed by atoms with Crippen LogP contribution in [-0.2, 0) is 27.8 Å². The summed E-state index contributed by atoms with van der Waals surface area (Å²) in [6, 6.07) is 15.9. The Labute approximate surface area is 157 Å². The van der Waals surface area contributed by atoms with Gasteiger partial charge >= 0.3 is 0 Å². The molecule has 0 spiro atoms. The Kier molecular flexibility index (Phi) is 5.68. The maximum Gasteiger partial charge on any atom is 0.238 e. The number of aromatic nitrogens is 2. The molecule has 1 heterocycles. The van der Waals surface area contributed by atoms with Crippen LogP contribution in [-0.4, -0.2) is 24.1 Å². The summed E-state index contributed by atoms with van der Waals surface area (Å²) in [6.45, 7) is 0.326. The standard InChI is InChI=1S/C19H20N4O3S/c20-27(25,26)18-9-6-15(7-10-18)12-21-19(24)11-8-16-13-22-23(14-16)17-4-2-1-3-5-17/h1-7,9-10,13-14H,8,11-12H2,(H,21,24)(H2,20,25,26). The van der Waals surface area contributed by atoms with E-state index in [0.717, 1.165) is 16.8 Å². The van der Waals surface area contributed by atoms with E-state index in [4.69, 9.17) is 5.14 Å². The summed E-state index contributed by atoms with van der Waals surface area (Å²) in [6.07, 6.45) is 4.60. The van der Waals surface area contributed by atoms with Crippen molar-refractivity contribution in [3.63, 3.8) is 0 Å². The summed E-state index contributed by atoms with van der Waals surface area (Å²) in [4.78, 5) is 12.1. The SMILES string of the molecule is NS(=O)(=O)c1ccc(CNC(=O)CCc2cnn(-c3ccccc3)c2)cc1. The number of hydrogen-bond acceptors (Lipinski definition) is 4. The lowest BCUT2D eigenvalue weighted by Gasteiger charge is -2.06. The van der Waals surface area contributed by atoms with Gasteiger partial charge in [-0.1, -0.05) is 30.3 Å². The highest BCUT2D eigenvalue weighted by atomic mass is 32.2. The number of aryl methyl sites for hydroxylation is 1. The minimum atomic E-state index is -3.70. The van der Waals surface area contributed by atoms with Crippen LogP contribution >= 0.6 is 0 Å². The quantitative estimate of drug-likeness (QED) is 0.647. The van der Waals surface area contributed by atoms with Gasteiger partial charge in [-0.2, -0.15) is 5.10 Å². The van der Waals surface area contributed by atoms with Crippen molar-refractivity contribution in [1.82, 2.24) is 15.1 Å². The van der Waals surface area contributed by atoms with Gasteiger partial charge in [-0.05, 0) is 41.8 Å². The first-order valence-electron chi connectivity index (χ1n) is 8.39. The van der Waals surface area contributed by atoms with Gasteiger partial charge < -0.3 is 5.32 Å². The van der Waals surface area contributed by atoms with E-state index in [-0.39, 0.29) is 10.8 Å². The van der Waals surface area contributed by atoms with E-state index < -0.39 is 10.0 Å². The lowest BCUT2D eigenvalue weighted by Crippen LogP contribution is -2.23. The van der Waals surface area contributed by atoms with Crippen molar-refractivity contribution in [3.05, 3.63) is 78.1 Å². The molecule has 0 atom stereocenters. The molecule has 1 amide bonds. The first-order chi connectivity index (χ1) is 12.9. The molecule has 2 aromatic carbocycles. The molecule has 0 saturated heterocycles. The van der Waals surface area contributed by atoms with Crippen LogP contribution in [0.5, 0.6) is 0 Å². The third kappa shape index (κ3) is 5.25. The van der Waals surface area contributed by atoms with Crippen LogP contribution < -0.4 is 10.5 Å². The lowest BCUT2D eigenvalue weighted by atomic mass is 10.2. The largest absolute Gasteiger partial charge is 0.352 e. The maximum atomic E-state index is 12.0. The monoisotopic (exact) mass is 384 g/mol. The number of carbonyl (C=O) groups excluding carboxylic acids is 1. The number of hydrogen-bond donors (Lipinski definition) is 2. The van der Waals surface area contributed by atoms with Crippen molar-refractivity contribution in [2.75, 3.05) is 0 Å². The zero-order chi connectivity index (χ0) is 19.3. The third-order valence-electron chi connectivity index (χ3n) is 4.04. The Bertz CT molecular complexity index is 1010. The molecule has 140 valence electrons. The molecule has 7 nitrogen and oxygen atoms in total. The summed E-state index contributed by atoms with van der Waals surface area (Å²) >= 11 is 0. The second-order valence-electron chi connectivity index (χ2n) is 6.09. The van der Waals surface area contributed by atoms with Crippen molar-refractivity contribution < 1.29 is 13.2 Å². The molecule has 0 aliphatic rings. The molecule has 0 radical (unpaired) electrons. The number of carbonyl (C=O) groups is 1. The molecular formula is C19H20N4O3S. The van der Waals surface area contributed by atoms with Gasteiger partial charge in [0.15, 0.2) is 0 Å². The number of primary sulfonamides is 1. The predicted molar refractivity (Wildman–Crippen MR) is 102 cm³/mol. The second-order valence-corrected chi connectivity index (χ2v) is 7.66. The molecule has 0 aliphatic carbocycles. The van der Waals surface area contributed by atoms with E-state index in [1.807, 2.05) is 36.5 Å². The molecule has 3 rings (SSSR count). The first-order valence-corrected chi connectivity index (χ1v) is 9.94. The van der Waals surface area contributed by atoms with Gasteiger partial charge in [0.1, 0.15) is 0 Å². The smallest absolute Gasteiger partial charge is 0.238 e. The van der Waals surface area contributed by atoms with E-state index in [0.29, 0.717) is 19.4 Å². The predicted octanol–water partition coefficient (Wildman–Crippen LogP) is 1.77. The lowest BCUT2D eigenvalue weighted by molar-refractivity contribution is -0.121. The second kappa shape index (κ2) is 8.15. The van der Waals surface area contributed by atoms with Crippen LogP contribution in [0.2, 0.25) is 0 Å². The van der Waals surface area contributed by atoms with Gasteiger partial charge in [-0.3, -0.25) is 4.79 Å². The fourth-order valence-corrected chi connectivity index (χ4v) is 3.07. The van der Waals surface area contributed by atoms with Crippen molar-refractivity contribution in [2.24, 2.45) is 5.14 Å². The Morgan fingerprint density at radius 1 is 1.04 bits per heavy atom. The van der Waals surface area contributed by atoms with Gasteiger partial charge in [0.2, 0.25) is 15.9 Å². The van der Waals surface area contributed by atoms with Crippen LogP contribution in [0.15, 0.2) is 71.9 Å². The average molecular weight is 384 g/mol. The normalized spacial score (nSPS) is 11.3. The fraction of sp³-hybridized carbons (Fsp3) is 0.158. The van der Waals surface area contributed by atoms with Crippen LogP contribution in [0.1, 0.15) is 17.5 Å². The van der Waals surface area contributed by atoms with Gasteiger partial charge in [0.05, 0.1) is 16.8 Å². The van der Waals surface area contributed by atoms with E-state index in [2.05, 4.69) is 10.4 Å².